The molecule has 8 heteroatoms. The molecule has 1 N–H and O–H groups in total. The molecule has 0 saturated carbocycles. The van der Waals surface area contributed by atoms with Crippen molar-refractivity contribution in [1.29, 1.82) is 0 Å². The second-order valence-corrected chi connectivity index (χ2v) is 5.35. The molecule has 0 saturated heterocycles. The lowest BCUT2D eigenvalue weighted by molar-refractivity contribution is 0.0690. The van der Waals surface area contributed by atoms with Crippen LogP contribution in [0.15, 0.2) is 30.6 Å². The van der Waals surface area contributed by atoms with Gasteiger partial charge in [-0.3, -0.25) is 0 Å². The summed E-state index contributed by atoms with van der Waals surface area (Å²) in [5, 5.41) is 18.2. The molecule has 0 aliphatic rings. The van der Waals surface area contributed by atoms with Gasteiger partial charge in [0, 0.05) is 23.2 Å². The number of carbonyl (C=O) groups is 1. The van der Waals surface area contributed by atoms with Crippen molar-refractivity contribution in [2.45, 2.75) is 13.1 Å². The zero-order chi connectivity index (χ0) is 15.0. The van der Waals surface area contributed by atoms with Crippen molar-refractivity contribution in [2.24, 2.45) is 0 Å². The number of hydrogen-bond donors (Lipinski definition) is 1. The number of aryl methyl sites for hydroxylation is 2. The molecule has 108 valence electrons. The fraction of sp³-hybridized carbons (Fsp3) is 0.154. The monoisotopic (exact) mass is 324 g/mol. The molecule has 0 fully saturated rings. The zero-order valence-corrected chi connectivity index (χ0v) is 12.2. The van der Waals surface area contributed by atoms with Gasteiger partial charge in [-0.25, -0.2) is 9.48 Å². The Bertz CT molecular complexity index is 825. The van der Waals surface area contributed by atoms with Crippen LogP contribution in [0.3, 0.4) is 0 Å². The second kappa shape index (κ2) is 5.38. The lowest BCUT2D eigenvalue weighted by Gasteiger charge is -2.06. The van der Waals surface area contributed by atoms with Crippen molar-refractivity contribution in [3.8, 4) is 0 Å². The van der Waals surface area contributed by atoms with Crippen LogP contribution in [-0.4, -0.2) is 30.6 Å². The first-order valence-corrected chi connectivity index (χ1v) is 6.87. The number of carboxylic acids is 1. The summed E-state index contributed by atoms with van der Waals surface area (Å²) in [6.45, 7) is 1.09. The minimum atomic E-state index is -1.09. The van der Waals surface area contributed by atoms with Crippen LogP contribution in [0.25, 0.3) is 10.9 Å². The fourth-order valence-corrected chi connectivity index (χ4v) is 2.68. The highest BCUT2D eigenvalue weighted by Gasteiger charge is 2.09. The van der Waals surface area contributed by atoms with Gasteiger partial charge >= 0.3 is 5.97 Å². The Morgan fingerprint density at radius 2 is 2.10 bits per heavy atom. The predicted octanol–water partition coefficient (Wildman–Crippen LogP) is 2.94. The van der Waals surface area contributed by atoms with E-state index < -0.39 is 5.97 Å². The van der Waals surface area contributed by atoms with E-state index >= 15 is 0 Å². The molecule has 0 bridgehead atoms. The second-order valence-electron chi connectivity index (χ2n) is 4.50. The topological polar surface area (TPSA) is 72.9 Å². The largest absolute Gasteiger partial charge is 0.476 e. The summed E-state index contributed by atoms with van der Waals surface area (Å²) in [5.41, 5.74) is 0.851. The minimum absolute atomic E-state index is 0.0709. The molecule has 0 aliphatic carbocycles. The average molecular weight is 325 g/mol. The van der Waals surface area contributed by atoms with Gasteiger partial charge in [0.2, 0.25) is 0 Å². The van der Waals surface area contributed by atoms with Gasteiger partial charge in [-0.2, -0.15) is 0 Å². The van der Waals surface area contributed by atoms with E-state index in [2.05, 4.69) is 10.3 Å². The molecule has 3 aromatic rings. The smallest absolute Gasteiger partial charge is 0.358 e. The highest BCUT2D eigenvalue weighted by atomic mass is 35.5. The van der Waals surface area contributed by atoms with E-state index in [0.717, 1.165) is 10.9 Å². The quantitative estimate of drug-likeness (QED) is 0.800. The van der Waals surface area contributed by atoms with E-state index in [1.54, 1.807) is 6.07 Å². The van der Waals surface area contributed by atoms with Gasteiger partial charge in [-0.05, 0) is 18.2 Å². The standard InChI is InChI=1S/C13H10Cl2N4O2/c14-8-5-10(15)9-1-2-18(12(9)6-8)3-4-19-7-11(13(20)21)16-17-19/h1-2,5-7H,3-4H2,(H,20,21). The van der Waals surface area contributed by atoms with Gasteiger partial charge in [0.15, 0.2) is 5.69 Å². The van der Waals surface area contributed by atoms with Crippen molar-refractivity contribution >= 4 is 40.1 Å². The van der Waals surface area contributed by atoms with Gasteiger partial charge in [-0.1, -0.05) is 28.4 Å². The lowest BCUT2D eigenvalue weighted by Crippen LogP contribution is -2.07. The van der Waals surface area contributed by atoms with Gasteiger partial charge in [-0.15, -0.1) is 5.10 Å². The van der Waals surface area contributed by atoms with Crippen LogP contribution < -0.4 is 0 Å². The highest BCUT2D eigenvalue weighted by Crippen LogP contribution is 2.28. The molecule has 0 unspecified atom stereocenters. The van der Waals surface area contributed by atoms with Crippen molar-refractivity contribution in [3.63, 3.8) is 0 Å². The van der Waals surface area contributed by atoms with Crippen molar-refractivity contribution in [1.82, 2.24) is 19.6 Å². The normalized spacial score (nSPS) is 11.1. The van der Waals surface area contributed by atoms with E-state index in [1.807, 2.05) is 22.9 Å². The molecule has 3 rings (SSSR count). The summed E-state index contributed by atoms with van der Waals surface area (Å²) in [4.78, 5) is 10.7. The molecule has 2 heterocycles. The molecular formula is C13H10Cl2N4O2. The van der Waals surface area contributed by atoms with E-state index in [4.69, 9.17) is 28.3 Å². The number of nitrogens with zero attached hydrogens (tertiary/aromatic N) is 4. The maximum Gasteiger partial charge on any atom is 0.358 e. The van der Waals surface area contributed by atoms with Crippen molar-refractivity contribution < 1.29 is 9.90 Å². The maximum absolute atomic E-state index is 10.7. The van der Waals surface area contributed by atoms with Crippen LogP contribution in [0.2, 0.25) is 10.0 Å². The van der Waals surface area contributed by atoms with Gasteiger partial charge in [0.25, 0.3) is 0 Å². The Morgan fingerprint density at radius 1 is 1.29 bits per heavy atom. The number of hydrogen-bond acceptors (Lipinski definition) is 3. The van der Waals surface area contributed by atoms with Gasteiger partial charge < -0.3 is 9.67 Å². The molecule has 6 nitrogen and oxygen atoms in total. The summed E-state index contributed by atoms with van der Waals surface area (Å²) in [5.74, 6) is -1.09. The maximum atomic E-state index is 10.7. The summed E-state index contributed by atoms with van der Waals surface area (Å²) < 4.78 is 3.47. The number of fused-ring (bicyclic) bond motifs is 1. The van der Waals surface area contributed by atoms with Crippen LogP contribution in [-0.2, 0) is 13.1 Å². The first kappa shape index (κ1) is 13.9. The number of aromatic nitrogens is 4. The molecule has 0 atom stereocenters. The van der Waals surface area contributed by atoms with Crippen LogP contribution >= 0.6 is 23.2 Å². The Morgan fingerprint density at radius 3 is 2.81 bits per heavy atom. The first-order valence-electron chi connectivity index (χ1n) is 6.12. The fourth-order valence-electron chi connectivity index (χ4n) is 2.13. The van der Waals surface area contributed by atoms with E-state index in [9.17, 15) is 4.79 Å². The molecule has 0 aliphatic heterocycles. The molecular weight excluding hydrogens is 315 g/mol. The van der Waals surface area contributed by atoms with Crippen LogP contribution in [0.4, 0.5) is 0 Å². The van der Waals surface area contributed by atoms with Crippen molar-refractivity contribution in [3.05, 3.63) is 46.3 Å². The lowest BCUT2D eigenvalue weighted by atomic mass is 10.2. The molecule has 1 aromatic carbocycles. The van der Waals surface area contributed by atoms with Crippen molar-refractivity contribution in [2.75, 3.05) is 0 Å². The number of halogens is 2. The summed E-state index contributed by atoms with van der Waals surface area (Å²) in [6, 6.07) is 5.46. The Labute approximate surface area is 129 Å². The van der Waals surface area contributed by atoms with E-state index in [0.29, 0.717) is 23.1 Å². The third kappa shape index (κ3) is 2.72. The number of carboxylic acid groups (broad SMARTS) is 1. The van der Waals surface area contributed by atoms with E-state index in [1.165, 1.54) is 10.9 Å². The van der Waals surface area contributed by atoms with Crippen LogP contribution in [0.1, 0.15) is 10.5 Å². The number of benzene rings is 1. The summed E-state index contributed by atoms with van der Waals surface area (Å²) in [6.07, 6.45) is 3.30. The molecule has 0 radical (unpaired) electrons. The highest BCUT2D eigenvalue weighted by molar-refractivity contribution is 6.38. The molecule has 21 heavy (non-hydrogen) atoms. The molecule has 0 amide bonds. The van der Waals surface area contributed by atoms with Gasteiger partial charge in [0.05, 0.1) is 23.3 Å². The summed E-state index contributed by atoms with van der Waals surface area (Å²) in [7, 11) is 0. The third-order valence-electron chi connectivity index (χ3n) is 3.13. The number of aromatic carboxylic acids is 1. The number of rotatable bonds is 4. The molecule has 2 aromatic heterocycles. The average Bonchev–Trinajstić information content (AvgIpc) is 3.02. The first-order chi connectivity index (χ1) is 10.0. The molecule has 0 spiro atoms. The minimum Gasteiger partial charge on any atom is -0.476 e. The summed E-state index contributed by atoms with van der Waals surface area (Å²) >= 11 is 12.2. The van der Waals surface area contributed by atoms with Crippen LogP contribution in [0, 0.1) is 0 Å². The predicted molar refractivity (Wildman–Crippen MR) is 78.9 cm³/mol. The Hall–Kier alpha value is -2.05. The third-order valence-corrected chi connectivity index (χ3v) is 3.66. The van der Waals surface area contributed by atoms with Gasteiger partial charge in [0.1, 0.15) is 0 Å². The Kier molecular flexibility index (Phi) is 3.57. The SMILES string of the molecule is O=C(O)c1cn(CCn2ccc3c(Cl)cc(Cl)cc32)nn1. The van der Waals surface area contributed by atoms with E-state index in [-0.39, 0.29) is 5.69 Å². The Balaban J connectivity index is 1.83. The van der Waals surface area contributed by atoms with Crippen LogP contribution in [0.5, 0.6) is 0 Å². The zero-order valence-electron chi connectivity index (χ0n) is 10.7.